The lowest BCUT2D eigenvalue weighted by molar-refractivity contribution is 0.0879. The van der Waals surface area contributed by atoms with Gasteiger partial charge in [-0.05, 0) is 53.1 Å². The summed E-state index contributed by atoms with van der Waals surface area (Å²) in [6.45, 7) is 0. The normalized spacial score (nSPS) is 29.6. The molecule has 0 radical (unpaired) electrons. The van der Waals surface area contributed by atoms with E-state index in [1.807, 2.05) is 6.07 Å². The monoisotopic (exact) mass is 336 g/mol. The number of pyridine rings is 1. The molecule has 1 aromatic rings. The van der Waals surface area contributed by atoms with Gasteiger partial charge in [-0.15, -0.1) is 0 Å². The maximum Gasteiger partial charge on any atom is 0.253 e. The van der Waals surface area contributed by atoms with Gasteiger partial charge in [0.1, 0.15) is 0 Å². The Morgan fingerprint density at radius 3 is 2.75 bits per heavy atom. The maximum atomic E-state index is 12.3. The first-order valence-electron chi connectivity index (χ1n) is 7.64. The van der Waals surface area contributed by atoms with Crippen molar-refractivity contribution in [3.8, 4) is 0 Å². The molecule has 2 aliphatic rings. The van der Waals surface area contributed by atoms with Gasteiger partial charge in [0.25, 0.3) is 5.91 Å². The number of rotatable bonds is 2. The Bertz CT molecular complexity index is 491. The van der Waals surface area contributed by atoms with E-state index in [4.69, 9.17) is 0 Å². The summed E-state index contributed by atoms with van der Waals surface area (Å²) >= 11 is 3.36. The molecule has 20 heavy (non-hydrogen) atoms. The Labute approximate surface area is 128 Å². The van der Waals surface area contributed by atoms with Gasteiger partial charge < -0.3 is 5.32 Å². The summed E-state index contributed by atoms with van der Waals surface area (Å²) in [6.07, 6.45) is 12.4. The van der Waals surface area contributed by atoms with E-state index >= 15 is 0 Å². The molecule has 0 bridgehead atoms. The zero-order chi connectivity index (χ0) is 13.9. The Morgan fingerprint density at radius 1 is 1.15 bits per heavy atom. The van der Waals surface area contributed by atoms with Crippen LogP contribution in [0.3, 0.4) is 0 Å². The molecule has 3 atom stereocenters. The van der Waals surface area contributed by atoms with Gasteiger partial charge in [-0.3, -0.25) is 9.78 Å². The fourth-order valence-corrected chi connectivity index (χ4v) is 4.17. The van der Waals surface area contributed by atoms with Crippen LogP contribution in [0.15, 0.2) is 22.9 Å². The lowest BCUT2D eigenvalue weighted by Crippen LogP contribution is -2.41. The molecule has 0 spiro atoms. The zero-order valence-electron chi connectivity index (χ0n) is 11.6. The number of nitrogens with zero attached hydrogens (tertiary/aromatic N) is 1. The molecule has 1 amide bonds. The minimum atomic E-state index is 0.0121. The van der Waals surface area contributed by atoms with Crippen molar-refractivity contribution in [1.82, 2.24) is 10.3 Å². The molecule has 0 aromatic carbocycles. The van der Waals surface area contributed by atoms with Crippen LogP contribution in [-0.2, 0) is 0 Å². The molecule has 1 heterocycles. The summed E-state index contributed by atoms with van der Waals surface area (Å²) in [4.78, 5) is 16.3. The van der Waals surface area contributed by atoms with Crippen LogP contribution in [0, 0.1) is 11.8 Å². The van der Waals surface area contributed by atoms with Crippen LogP contribution in [0.4, 0.5) is 0 Å². The fourth-order valence-electron chi connectivity index (χ4n) is 3.81. The molecule has 1 aromatic heterocycles. The summed E-state index contributed by atoms with van der Waals surface area (Å²) in [5, 5.41) is 3.20. The van der Waals surface area contributed by atoms with E-state index in [0.717, 1.165) is 29.2 Å². The molecule has 3 nitrogen and oxygen atoms in total. The Hall–Kier alpha value is -0.900. The van der Waals surface area contributed by atoms with Crippen LogP contribution >= 0.6 is 15.9 Å². The highest BCUT2D eigenvalue weighted by Gasteiger charge is 2.32. The summed E-state index contributed by atoms with van der Waals surface area (Å²) in [6, 6.07) is 2.18. The van der Waals surface area contributed by atoms with Crippen LogP contribution in [0.5, 0.6) is 0 Å². The highest BCUT2D eigenvalue weighted by molar-refractivity contribution is 9.10. The Kier molecular flexibility index (Phi) is 4.39. The van der Waals surface area contributed by atoms with Crippen LogP contribution in [0.1, 0.15) is 55.3 Å². The average molecular weight is 337 g/mol. The van der Waals surface area contributed by atoms with Gasteiger partial charge in [0, 0.05) is 22.9 Å². The summed E-state index contributed by atoms with van der Waals surface area (Å²) in [5.74, 6) is 1.77. The van der Waals surface area contributed by atoms with Crippen LogP contribution in [0.2, 0.25) is 0 Å². The van der Waals surface area contributed by atoms with E-state index in [9.17, 15) is 4.79 Å². The third-order valence-electron chi connectivity index (χ3n) is 4.84. The Morgan fingerprint density at radius 2 is 1.95 bits per heavy atom. The second kappa shape index (κ2) is 6.25. The molecule has 0 aliphatic heterocycles. The predicted octanol–water partition coefficient (Wildman–Crippen LogP) is 3.93. The molecule has 2 aliphatic carbocycles. The molecule has 108 valence electrons. The third-order valence-corrected chi connectivity index (χ3v) is 5.28. The van der Waals surface area contributed by atoms with Crippen molar-refractivity contribution in [2.75, 3.05) is 0 Å². The van der Waals surface area contributed by atoms with E-state index < -0.39 is 0 Å². The van der Waals surface area contributed by atoms with Gasteiger partial charge in [0.05, 0.1) is 5.56 Å². The number of hydrogen-bond donors (Lipinski definition) is 1. The topological polar surface area (TPSA) is 42.0 Å². The van der Waals surface area contributed by atoms with E-state index in [0.29, 0.717) is 11.6 Å². The first-order chi connectivity index (χ1) is 9.72. The second-order valence-corrected chi connectivity index (χ2v) is 7.10. The number of fused-ring (bicyclic) bond motifs is 1. The number of hydrogen-bond acceptors (Lipinski definition) is 2. The smallest absolute Gasteiger partial charge is 0.253 e. The lowest BCUT2D eigenvalue weighted by Gasteiger charge is -2.39. The van der Waals surface area contributed by atoms with E-state index in [-0.39, 0.29) is 5.91 Å². The third kappa shape index (κ3) is 3.22. The standard InChI is InChI=1S/C16H21BrN2O/c17-14-7-13(9-18-10-14)16(20)19-15-6-5-11-3-1-2-4-12(11)8-15/h7,9-12,15H,1-6,8H2,(H,19,20)/t11-,12+,15+/m0/s1. The summed E-state index contributed by atoms with van der Waals surface area (Å²) in [7, 11) is 0. The van der Waals surface area contributed by atoms with Crippen LogP contribution in [-0.4, -0.2) is 16.9 Å². The lowest BCUT2D eigenvalue weighted by atomic mass is 9.69. The first kappa shape index (κ1) is 14.1. The molecule has 3 rings (SSSR count). The number of aromatic nitrogens is 1. The van der Waals surface area contributed by atoms with Crippen molar-refractivity contribution >= 4 is 21.8 Å². The fraction of sp³-hybridized carbons (Fsp3) is 0.625. The van der Waals surface area contributed by atoms with Crippen molar-refractivity contribution < 1.29 is 4.79 Å². The van der Waals surface area contributed by atoms with Crippen molar-refractivity contribution in [2.45, 2.75) is 51.0 Å². The van der Waals surface area contributed by atoms with Gasteiger partial charge in [-0.1, -0.05) is 25.7 Å². The molecule has 0 saturated heterocycles. The molecule has 4 heteroatoms. The number of amides is 1. The average Bonchev–Trinajstić information content (AvgIpc) is 2.47. The highest BCUT2D eigenvalue weighted by Crippen LogP contribution is 2.40. The second-order valence-electron chi connectivity index (χ2n) is 6.18. The number of halogens is 1. The van der Waals surface area contributed by atoms with Gasteiger partial charge >= 0.3 is 0 Å². The largest absolute Gasteiger partial charge is 0.349 e. The van der Waals surface area contributed by atoms with Gasteiger partial charge in [-0.25, -0.2) is 0 Å². The molecule has 2 fully saturated rings. The van der Waals surface area contributed by atoms with Crippen LogP contribution in [0.25, 0.3) is 0 Å². The van der Waals surface area contributed by atoms with E-state index in [1.165, 1.54) is 32.1 Å². The van der Waals surface area contributed by atoms with E-state index in [1.54, 1.807) is 12.4 Å². The molecular formula is C16H21BrN2O. The van der Waals surface area contributed by atoms with Gasteiger partial charge in [0.2, 0.25) is 0 Å². The first-order valence-corrected chi connectivity index (χ1v) is 8.43. The van der Waals surface area contributed by atoms with Crippen molar-refractivity contribution in [2.24, 2.45) is 11.8 Å². The molecule has 0 unspecified atom stereocenters. The van der Waals surface area contributed by atoms with Gasteiger partial charge in [-0.2, -0.15) is 0 Å². The minimum absolute atomic E-state index is 0.0121. The van der Waals surface area contributed by atoms with Crippen molar-refractivity contribution in [3.05, 3.63) is 28.5 Å². The number of carbonyl (C=O) groups excluding carboxylic acids is 1. The van der Waals surface area contributed by atoms with Crippen LogP contribution < -0.4 is 5.32 Å². The minimum Gasteiger partial charge on any atom is -0.349 e. The Balaban J connectivity index is 1.59. The molecular weight excluding hydrogens is 316 g/mol. The van der Waals surface area contributed by atoms with E-state index in [2.05, 4.69) is 26.2 Å². The molecule has 2 saturated carbocycles. The molecule has 1 N–H and O–H groups in total. The maximum absolute atomic E-state index is 12.3. The summed E-state index contributed by atoms with van der Waals surface area (Å²) in [5.41, 5.74) is 0.644. The van der Waals surface area contributed by atoms with Crippen molar-refractivity contribution in [1.29, 1.82) is 0 Å². The van der Waals surface area contributed by atoms with Crippen molar-refractivity contribution in [3.63, 3.8) is 0 Å². The zero-order valence-corrected chi connectivity index (χ0v) is 13.2. The SMILES string of the molecule is O=C(N[C@@H]1CC[C@@H]2CCCC[C@@H]2C1)c1cncc(Br)c1. The highest BCUT2D eigenvalue weighted by atomic mass is 79.9. The summed E-state index contributed by atoms with van der Waals surface area (Å²) < 4.78 is 0.848. The quantitative estimate of drug-likeness (QED) is 0.888. The number of carbonyl (C=O) groups is 1. The van der Waals surface area contributed by atoms with Gasteiger partial charge in [0.15, 0.2) is 0 Å². The number of nitrogens with one attached hydrogen (secondary N) is 1. The predicted molar refractivity (Wildman–Crippen MR) is 82.5 cm³/mol.